The fourth-order valence-corrected chi connectivity index (χ4v) is 6.38. The zero-order chi connectivity index (χ0) is 36.3. The second kappa shape index (κ2) is 16.6. The second-order valence-electron chi connectivity index (χ2n) is 12.1. The molecular weight excluding hydrogens is 660 g/mol. The van der Waals surface area contributed by atoms with Crippen molar-refractivity contribution in [3.05, 3.63) is 190 Å². The Morgan fingerprint density at radius 1 is 0.673 bits per heavy atom. The lowest BCUT2D eigenvalue weighted by molar-refractivity contribution is -0.206. The molecule has 52 heavy (non-hydrogen) atoms. The Kier molecular flexibility index (Phi) is 11.4. The molecule has 11 heteroatoms. The summed E-state index contributed by atoms with van der Waals surface area (Å²) < 4.78 is 25.7. The molecule has 262 valence electrons. The van der Waals surface area contributed by atoms with E-state index in [4.69, 9.17) is 18.9 Å². The molecule has 0 spiro atoms. The Balaban J connectivity index is 1.47. The third-order valence-corrected chi connectivity index (χ3v) is 8.71. The quantitative estimate of drug-likeness (QED) is 0.0486. The first-order chi connectivity index (χ1) is 25.4. The van der Waals surface area contributed by atoms with Gasteiger partial charge in [0, 0.05) is 11.8 Å². The summed E-state index contributed by atoms with van der Waals surface area (Å²) in [6, 6.07) is 44.2. The van der Waals surface area contributed by atoms with Gasteiger partial charge < -0.3 is 24.3 Å². The van der Waals surface area contributed by atoms with E-state index in [1.54, 1.807) is 60.7 Å². The predicted octanol–water partition coefficient (Wildman–Crippen LogP) is 6.99. The molecule has 1 heterocycles. The number of nitrogens with one attached hydrogen (secondary N) is 1. The van der Waals surface area contributed by atoms with Crippen molar-refractivity contribution in [2.75, 3.05) is 6.61 Å². The van der Waals surface area contributed by atoms with Crippen LogP contribution in [-0.2, 0) is 29.3 Å². The highest BCUT2D eigenvalue weighted by Crippen LogP contribution is 2.41. The molecule has 5 aromatic rings. The van der Waals surface area contributed by atoms with Crippen LogP contribution in [0.1, 0.15) is 44.3 Å². The van der Waals surface area contributed by atoms with Crippen LogP contribution in [0.2, 0.25) is 0 Å². The van der Waals surface area contributed by atoms with Gasteiger partial charge in [-0.1, -0.05) is 133 Å². The number of nitrogens with zero attached hydrogens (tertiary/aromatic N) is 3. The first-order valence-corrected chi connectivity index (χ1v) is 16.7. The van der Waals surface area contributed by atoms with Gasteiger partial charge in [0.25, 0.3) is 0 Å². The minimum Gasteiger partial charge on any atom is -0.452 e. The molecule has 1 amide bonds. The van der Waals surface area contributed by atoms with Crippen LogP contribution >= 0.6 is 0 Å². The van der Waals surface area contributed by atoms with Gasteiger partial charge in [-0.25, -0.2) is 9.59 Å². The smallest absolute Gasteiger partial charge is 0.338 e. The lowest BCUT2D eigenvalue weighted by Crippen LogP contribution is -2.65. The van der Waals surface area contributed by atoms with E-state index >= 15 is 0 Å². The van der Waals surface area contributed by atoms with Gasteiger partial charge in [-0.15, -0.1) is 0 Å². The third-order valence-electron chi connectivity index (χ3n) is 8.71. The number of hydrogen-bond acceptors (Lipinski definition) is 8. The van der Waals surface area contributed by atoms with Crippen LogP contribution in [-0.4, -0.2) is 55.0 Å². The van der Waals surface area contributed by atoms with Crippen molar-refractivity contribution in [2.24, 2.45) is 5.11 Å². The molecule has 1 N–H and O–H groups in total. The van der Waals surface area contributed by atoms with E-state index in [0.29, 0.717) is 0 Å². The molecule has 0 unspecified atom stereocenters. The van der Waals surface area contributed by atoms with Crippen LogP contribution in [0.3, 0.4) is 0 Å². The number of hydrogen-bond donors (Lipinski definition) is 1. The van der Waals surface area contributed by atoms with E-state index in [1.807, 2.05) is 91.0 Å². The molecule has 0 radical (unpaired) electrons. The molecule has 11 nitrogen and oxygen atoms in total. The number of rotatable bonds is 12. The standard InChI is InChI=1S/C41H36N4O7/c1-28(46)43-35-37(52-40(48)30-19-9-3-10-20-30)36(51-39(47)29-17-7-2-8-18-29)34(50-38(35)44-45-42)27-49-41(31-21-11-4-12-22-31,32-23-13-5-14-24-32)33-25-15-6-16-26-33/h2-26,34-38H,27H2,1H3,(H,43,46)/t34-,35-,36-,37-,38-/m1/s1. The van der Waals surface area contributed by atoms with E-state index in [1.165, 1.54) is 6.92 Å². The highest BCUT2D eigenvalue weighted by Gasteiger charge is 2.52. The summed E-state index contributed by atoms with van der Waals surface area (Å²) in [6.45, 7) is 1.01. The van der Waals surface area contributed by atoms with Gasteiger partial charge in [-0.3, -0.25) is 4.79 Å². The first kappa shape index (κ1) is 35.6. The van der Waals surface area contributed by atoms with E-state index < -0.39 is 54.0 Å². The number of carbonyl (C=O) groups is 3. The Labute approximate surface area is 300 Å². The van der Waals surface area contributed by atoms with E-state index in [9.17, 15) is 19.9 Å². The molecular formula is C41H36N4O7. The average Bonchev–Trinajstić information content (AvgIpc) is 3.19. The third kappa shape index (κ3) is 7.87. The van der Waals surface area contributed by atoms with Crippen LogP contribution in [0.15, 0.2) is 157 Å². The maximum atomic E-state index is 13.7. The summed E-state index contributed by atoms with van der Waals surface area (Å²) in [5.74, 6) is -2.01. The molecule has 6 rings (SSSR count). The van der Waals surface area contributed by atoms with Crippen molar-refractivity contribution >= 4 is 17.8 Å². The Hall–Kier alpha value is -6.26. The molecule has 1 aliphatic rings. The molecule has 5 aromatic carbocycles. The Morgan fingerprint density at radius 2 is 1.08 bits per heavy atom. The van der Waals surface area contributed by atoms with Crippen LogP contribution in [0.4, 0.5) is 0 Å². The average molecular weight is 697 g/mol. The monoisotopic (exact) mass is 696 g/mol. The second-order valence-corrected chi connectivity index (χ2v) is 12.1. The maximum Gasteiger partial charge on any atom is 0.338 e. The van der Waals surface area contributed by atoms with E-state index in [2.05, 4.69) is 15.3 Å². The molecule has 5 atom stereocenters. The number of esters is 2. The molecule has 0 saturated carbocycles. The molecule has 1 aliphatic heterocycles. The highest BCUT2D eigenvalue weighted by atomic mass is 16.6. The fourth-order valence-electron chi connectivity index (χ4n) is 6.38. The van der Waals surface area contributed by atoms with Crippen molar-refractivity contribution in [3.63, 3.8) is 0 Å². The molecule has 0 bridgehead atoms. The minimum absolute atomic E-state index is 0.216. The van der Waals surface area contributed by atoms with Crippen molar-refractivity contribution in [1.29, 1.82) is 0 Å². The number of amides is 1. The molecule has 1 saturated heterocycles. The number of carbonyl (C=O) groups excluding carboxylic acids is 3. The Bertz CT molecular complexity index is 1900. The van der Waals surface area contributed by atoms with Gasteiger partial charge in [0.2, 0.25) is 5.91 Å². The number of benzene rings is 5. The van der Waals surface area contributed by atoms with Crippen molar-refractivity contribution < 1.29 is 33.3 Å². The summed E-state index contributed by atoms with van der Waals surface area (Å²) in [5, 5.41) is 6.54. The SMILES string of the molecule is CC(=O)N[C@@H]1[C@@H](OC(=O)c2ccccc2)[C@H](OC(=O)c2ccccc2)[C@@H](COC(c2ccccc2)(c2ccccc2)c2ccccc2)O[C@H]1N=[N+]=[N-]. The van der Waals surface area contributed by atoms with Gasteiger partial charge >= 0.3 is 11.9 Å². The zero-order valence-corrected chi connectivity index (χ0v) is 28.2. The molecule has 1 fully saturated rings. The van der Waals surface area contributed by atoms with Gasteiger partial charge in [0.05, 0.1) is 17.7 Å². The number of azide groups is 1. The fraction of sp³-hybridized carbons (Fsp3) is 0.195. The molecule has 0 aromatic heterocycles. The first-order valence-electron chi connectivity index (χ1n) is 16.7. The normalized spacial score (nSPS) is 19.8. The summed E-state index contributed by atoms with van der Waals surface area (Å²) >= 11 is 0. The van der Waals surface area contributed by atoms with Crippen LogP contribution in [0, 0.1) is 0 Å². The van der Waals surface area contributed by atoms with Crippen molar-refractivity contribution in [3.8, 4) is 0 Å². The van der Waals surface area contributed by atoms with Crippen LogP contribution in [0.25, 0.3) is 10.4 Å². The minimum atomic E-state index is -1.39. The summed E-state index contributed by atoms with van der Waals surface area (Å²) in [7, 11) is 0. The van der Waals surface area contributed by atoms with Gasteiger partial charge in [-0.2, -0.15) is 0 Å². The largest absolute Gasteiger partial charge is 0.452 e. The lowest BCUT2D eigenvalue weighted by Gasteiger charge is -2.45. The predicted molar refractivity (Wildman–Crippen MR) is 192 cm³/mol. The van der Waals surface area contributed by atoms with Crippen molar-refractivity contribution in [1.82, 2.24) is 5.32 Å². The summed E-state index contributed by atoms with van der Waals surface area (Å²) in [4.78, 5) is 42.9. The van der Waals surface area contributed by atoms with Gasteiger partial charge in [0.15, 0.2) is 18.4 Å². The van der Waals surface area contributed by atoms with Gasteiger partial charge in [0.1, 0.15) is 17.7 Å². The molecule has 0 aliphatic carbocycles. The summed E-state index contributed by atoms with van der Waals surface area (Å²) in [6.07, 6.45) is -5.32. The van der Waals surface area contributed by atoms with Crippen LogP contribution < -0.4 is 5.32 Å². The lowest BCUT2D eigenvalue weighted by atomic mass is 9.80. The van der Waals surface area contributed by atoms with Gasteiger partial charge in [-0.05, 0) is 46.5 Å². The Morgan fingerprint density at radius 3 is 1.48 bits per heavy atom. The van der Waals surface area contributed by atoms with E-state index in [0.717, 1.165) is 16.7 Å². The number of ether oxygens (including phenoxy) is 4. The topological polar surface area (TPSA) is 149 Å². The van der Waals surface area contributed by atoms with Crippen LogP contribution in [0.5, 0.6) is 0 Å². The highest BCUT2D eigenvalue weighted by molar-refractivity contribution is 5.90. The zero-order valence-electron chi connectivity index (χ0n) is 28.2. The summed E-state index contributed by atoms with van der Waals surface area (Å²) in [5.41, 5.74) is 11.3. The van der Waals surface area contributed by atoms with E-state index in [-0.39, 0.29) is 17.7 Å². The van der Waals surface area contributed by atoms with Crippen molar-refractivity contribution in [2.45, 2.75) is 43.1 Å². The maximum absolute atomic E-state index is 13.7.